The largest absolute Gasteiger partial charge is 0.551 e. The van der Waals surface area contributed by atoms with Gasteiger partial charge in [-0.2, -0.15) is 0 Å². The van der Waals surface area contributed by atoms with E-state index in [1.54, 1.807) is 0 Å². The van der Waals surface area contributed by atoms with Crippen LogP contribution in [0, 0.1) is 0 Å². The average Bonchev–Trinajstić information content (AvgIpc) is 2.62. The van der Waals surface area contributed by atoms with Gasteiger partial charge in [0.25, 0.3) is 0 Å². The predicted octanol–water partition coefficient (Wildman–Crippen LogP) is 3.16. The Morgan fingerprint density at radius 2 is 2.00 bits per heavy atom. The summed E-state index contributed by atoms with van der Waals surface area (Å²) in [5, 5.41) is 10.1. The van der Waals surface area contributed by atoms with Gasteiger partial charge in [0.15, 0.2) is 0 Å². The predicted molar refractivity (Wildman–Crippen MR) is 105 cm³/mol. The molecule has 1 heterocycles. The molecule has 1 aliphatic rings. The minimum Gasteiger partial charge on any atom is -0.493 e. The topological polar surface area (TPSA) is 55.9 Å². The van der Waals surface area contributed by atoms with Crippen molar-refractivity contribution in [3.8, 4) is 5.75 Å². The fourth-order valence-corrected chi connectivity index (χ4v) is 3.27. The second-order valence-corrected chi connectivity index (χ2v) is 7.16. The fourth-order valence-electron chi connectivity index (χ4n) is 3.27. The van der Waals surface area contributed by atoms with Crippen molar-refractivity contribution < 1.29 is 19.6 Å². The second-order valence-electron chi connectivity index (χ2n) is 7.16. The molecule has 1 aromatic rings. The summed E-state index contributed by atoms with van der Waals surface area (Å²) in [7, 11) is 0. The number of nitrogens with one attached hydrogen (secondary N) is 1. The third kappa shape index (κ3) is 8.09. The SMILES string of the molecule is CCCCCCOc1cccc([NH+]=C(O)O[C@@H](C)CN2CCCCC2)c1. The molecule has 0 spiro atoms. The highest BCUT2D eigenvalue weighted by Crippen LogP contribution is 2.14. The molecule has 0 saturated carbocycles. The van der Waals surface area contributed by atoms with Gasteiger partial charge in [0.1, 0.15) is 11.9 Å². The van der Waals surface area contributed by atoms with Gasteiger partial charge in [0, 0.05) is 12.6 Å². The van der Waals surface area contributed by atoms with Crippen molar-refractivity contribution in [1.82, 2.24) is 4.90 Å². The molecule has 26 heavy (non-hydrogen) atoms. The highest BCUT2D eigenvalue weighted by Gasteiger charge is 2.17. The maximum Gasteiger partial charge on any atom is 0.551 e. The van der Waals surface area contributed by atoms with Gasteiger partial charge in [-0.15, -0.1) is 4.99 Å². The Labute approximate surface area is 158 Å². The molecule has 0 radical (unpaired) electrons. The van der Waals surface area contributed by atoms with Crippen LogP contribution in [0.3, 0.4) is 0 Å². The summed E-state index contributed by atoms with van der Waals surface area (Å²) in [6.45, 7) is 8.00. The Balaban J connectivity index is 1.78. The van der Waals surface area contributed by atoms with Crippen LogP contribution in [0.4, 0.5) is 5.69 Å². The van der Waals surface area contributed by atoms with Crippen molar-refractivity contribution in [1.29, 1.82) is 0 Å². The summed E-state index contributed by atoms with van der Waals surface area (Å²) >= 11 is 0. The van der Waals surface area contributed by atoms with E-state index >= 15 is 0 Å². The first-order chi connectivity index (χ1) is 12.7. The van der Waals surface area contributed by atoms with Crippen molar-refractivity contribution in [2.45, 2.75) is 64.9 Å². The quantitative estimate of drug-likeness (QED) is 0.381. The second kappa shape index (κ2) is 11.8. The third-order valence-corrected chi connectivity index (χ3v) is 4.63. The minimum atomic E-state index is -0.158. The van der Waals surface area contributed by atoms with E-state index in [2.05, 4.69) is 16.8 Å². The lowest BCUT2D eigenvalue weighted by Crippen LogP contribution is -2.67. The summed E-state index contributed by atoms with van der Waals surface area (Å²) in [5.41, 5.74) is 0.763. The summed E-state index contributed by atoms with van der Waals surface area (Å²) in [6, 6.07) is 7.61. The highest BCUT2D eigenvalue weighted by molar-refractivity contribution is 5.59. The van der Waals surface area contributed by atoms with Gasteiger partial charge in [-0.3, -0.25) is 4.90 Å². The van der Waals surface area contributed by atoms with Gasteiger partial charge in [-0.1, -0.05) is 38.7 Å². The smallest absolute Gasteiger partial charge is 0.493 e. The van der Waals surface area contributed by atoms with Crippen LogP contribution in [0.15, 0.2) is 24.3 Å². The molecule has 0 bridgehead atoms. The van der Waals surface area contributed by atoms with E-state index in [0.29, 0.717) is 0 Å². The number of ether oxygens (including phenoxy) is 2. The lowest BCUT2D eigenvalue weighted by atomic mass is 10.1. The number of benzene rings is 1. The highest BCUT2D eigenvalue weighted by atomic mass is 16.6. The van der Waals surface area contributed by atoms with Crippen LogP contribution in [-0.2, 0) is 4.74 Å². The Morgan fingerprint density at radius 3 is 2.77 bits per heavy atom. The van der Waals surface area contributed by atoms with E-state index in [9.17, 15) is 5.11 Å². The van der Waals surface area contributed by atoms with E-state index in [1.807, 2.05) is 31.2 Å². The molecule has 2 rings (SSSR count). The number of hydrogen-bond donors (Lipinski definition) is 2. The Bertz CT molecular complexity index is 542. The van der Waals surface area contributed by atoms with Crippen molar-refractivity contribution in [3.63, 3.8) is 0 Å². The number of aliphatic hydroxyl groups excluding tert-OH is 1. The van der Waals surface area contributed by atoms with Crippen LogP contribution in [0.25, 0.3) is 0 Å². The number of aliphatic hydroxyl groups is 1. The zero-order valence-electron chi connectivity index (χ0n) is 16.4. The van der Waals surface area contributed by atoms with Crippen LogP contribution >= 0.6 is 0 Å². The van der Waals surface area contributed by atoms with Crippen molar-refractivity contribution in [2.75, 3.05) is 26.2 Å². The van der Waals surface area contributed by atoms with Gasteiger partial charge in [-0.25, -0.2) is 0 Å². The van der Waals surface area contributed by atoms with Gasteiger partial charge in [-0.05, 0) is 45.3 Å². The Hall–Kier alpha value is -1.75. The molecule has 0 aromatic heterocycles. The molecule has 1 saturated heterocycles. The average molecular weight is 364 g/mol. The third-order valence-electron chi connectivity index (χ3n) is 4.63. The molecule has 0 aliphatic carbocycles. The number of piperidine rings is 1. The molecule has 5 nitrogen and oxygen atoms in total. The van der Waals surface area contributed by atoms with E-state index in [4.69, 9.17) is 9.47 Å². The zero-order chi connectivity index (χ0) is 18.6. The van der Waals surface area contributed by atoms with Crippen LogP contribution < -0.4 is 9.73 Å². The zero-order valence-corrected chi connectivity index (χ0v) is 16.4. The van der Waals surface area contributed by atoms with Crippen molar-refractivity contribution >= 4 is 11.8 Å². The van der Waals surface area contributed by atoms with Crippen LogP contribution in [0.2, 0.25) is 0 Å². The molecule has 1 atom stereocenters. The molecule has 0 unspecified atom stereocenters. The molecule has 1 aromatic carbocycles. The Morgan fingerprint density at radius 1 is 1.19 bits per heavy atom. The first-order valence-corrected chi connectivity index (χ1v) is 10.1. The number of hydrogen-bond acceptors (Lipinski definition) is 3. The van der Waals surface area contributed by atoms with E-state index in [1.165, 1.54) is 38.5 Å². The summed E-state index contributed by atoms with van der Waals surface area (Å²) in [4.78, 5) is 5.31. The normalized spacial score (nSPS) is 17.1. The molecule has 146 valence electrons. The monoisotopic (exact) mass is 363 g/mol. The molecular weight excluding hydrogens is 328 g/mol. The standard InChI is InChI=1S/C21H34N2O3/c1-3-4-5-9-15-25-20-12-10-11-19(16-20)22-21(24)26-18(2)17-23-13-7-6-8-14-23/h10-12,16,18H,3-9,13-15,17H2,1-2H3,(H,22,24)/p+1/t18-/m0/s1. The van der Waals surface area contributed by atoms with Crippen LogP contribution in [0.5, 0.6) is 5.75 Å². The lowest BCUT2D eigenvalue weighted by Gasteiger charge is -2.28. The summed E-state index contributed by atoms with van der Waals surface area (Å²) in [5.74, 6) is 0.806. The van der Waals surface area contributed by atoms with Gasteiger partial charge >= 0.3 is 6.08 Å². The van der Waals surface area contributed by atoms with Gasteiger partial charge < -0.3 is 14.6 Å². The van der Waals surface area contributed by atoms with Crippen LogP contribution in [-0.4, -0.2) is 48.4 Å². The molecule has 5 heteroatoms. The first kappa shape index (κ1) is 20.6. The fraction of sp³-hybridized carbons (Fsp3) is 0.667. The molecule has 2 N–H and O–H groups in total. The summed E-state index contributed by atoms with van der Waals surface area (Å²) in [6.07, 6.45) is 8.37. The number of rotatable bonds is 10. The number of likely N-dealkylation sites (tertiary alicyclic amines) is 1. The number of nitrogens with zero attached hydrogens (tertiary/aromatic N) is 1. The first-order valence-electron chi connectivity index (χ1n) is 10.1. The summed E-state index contributed by atoms with van der Waals surface area (Å²) < 4.78 is 11.4. The number of unbranched alkanes of at least 4 members (excludes halogenated alkanes) is 3. The van der Waals surface area contributed by atoms with E-state index in [-0.39, 0.29) is 12.2 Å². The van der Waals surface area contributed by atoms with E-state index in [0.717, 1.165) is 44.1 Å². The van der Waals surface area contributed by atoms with Gasteiger partial charge in [0.05, 0.1) is 12.7 Å². The minimum absolute atomic E-state index is 0.0569. The van der Waals surface area contributed by atoms with Crippen LogP contribution in [0.1, 0.15) is 58.8 Å². The Kier molecular flexibility index (Phi) is 9.32. The molecule has 0 amide bonds. The maximum absolute atomic E-state index is 10.1. The van der Waals surface area contributed by atoms with Crippen molar-refractivity contribution in [3.05, 3.63) is 24.3 Å². The molecule has 1 aliphatic heterocycles. The molecule has 1 fully saturated rings. The maximum atomic E-state index is 10.1. The van der Waals surface area contributed by atoms with Gasteiger partial charge in [0.2, 0.25) is 5.69 Å². The van der Waals surface area contributed by atoms with E-state index < -0.39 is 0 Å². The molecular formula is C21H35N2O3+. The lowest BCUT2D eigenvalue weighted by molar-refractivity contribution is -0.383. The van der Waals surface area contributed by atoms with Crippen molar-refractivity contribution in [2.24, 2.45) is 0 Å².